The molecule has 0 aliphatic carbocycles. The van der Waals surface area contributed by atoms with Gasteiger partial charge in [0.15, 0.2) is 0 Å². The van der Waals surface area contributed by atoms with E-state index >= 15 is 0 Å². The van der Waals surface area contributed by atoms with Gasteiger partial charge >= 0.3 is 0 Å². The number of carbonyl (C=O) groups excluding carboxylic acids is 4. The Kier molecular flexibility index (Phi) is 16.5. The molecule has 4 rings (SSSR count). The summed E-state index contributed by atoms with van der Waals surface area (Å²) in [7, 11) is 0. The molecular formula is C44H56N6O6. The SMILES string of the molecule is CC(C)[C@H](N)C(=O)N(C(=O)CCc1ccccn1)[C@@H](Cc1ccccc1)[C@@H](O)[C@H](O)[C@H](Cc1ccccc1)N(C(=O)CCc1ccccn1)C(=O)[C@@H](N)C(C)C. The summed E-state index contributed by atoms with van der Waals surface area (Å²) in [4.78, 5) is 67.9. The number of aliphatic hydroxyl groups is 2. The first-order valence-electron chi connectivity index (χ1n) is 19.3. The lowest BCUT2D eigenvalue weighted by molar-refractivity contribution is -0.162. The average molecular weight is 765 g/mol. The maximum atomic E-state index is 14.3. The zero-order valence-corrected chi connectivity index (χ0v) is 32.7. The fourth-order valence-corrected chi connectivity index (χ4v) is 6.53. The Bertz CT molecular complexity index is 1700. The van der Waals surface area contributed by atoms with Gasteiger partial charge in [0.2, 0.25) is 23.6 Å². The van der Waals surface area contributed by atoms with E-state index in [2.05, 4.69) is 9.97 Å². The summed E-state index contributed by atoms with van der Waals surface area (Å²) >= 11 is 0. The molecular weight excluding hydrogens is 709 g/mol. The van der Waals surface area contributed by atoms with E-state index in [1.165, 1.54) is 0 Å². The van der Waals surface area contributed by atoms with Gasteiger partial charge in [0.05, 0.1) is 24.2 Å². The number of imide groups is 2. The van der Waals surface area contributed by atoms with E-state index in [1.807, 2.05) is 12.1 Å². The van der Waals surface area contributed by atoms with Gasteiger partial charge in [0, 0.05) is 36.6 Å². The van der Waals surface area contributed by atoms with Crippen molar-refractivity contribution in [3.63, 3.8) is 0 Å². The van der Waals surface area contributed by atoms with Crippen molar-refractivity contribution < 1.29 is 29.4 Å². The Morgan fingerprint density at radius 3 is 1.20 bits per heavy atom. The first-order chi connectivity index (χ1) is 26.8. The number of benzene rings is 2. The highest BCUT2D eigenvalue weighted by Crippen LogP contribution is 2.26. The van der Waals surface area contributed by atoms with Crippen molar-refractivity contribution >= 4 is 23.6 Å². The van der Waals surface area contributed by atoms with Crippen LogP contribution in [-0.2, 0) is 44.9 Å². The number of aromatic nitrogens is 2. The molecule has 0 saturated heterocycles. The van der Waals surface area contributed by atoms with Crippen LogP contribution in [0.5, 0.6) is 0 Å². The lowest BCUT2D eigenvalue weighted by atomic mass is 9.87. The Morgan fingerprint density at radius 1 is 0.554 bits per heavy atom. The number of nitrogens with zero attached hydrogens (tertiary/aromatic N) is 4. The molecule has 0 aliphatic heterocycles. The summed E-state index contributed by atoms with van der Waals surface area (Å²) in [6.45, 7) is 7.02. The molecule has 0 fully saturated rings. The molecule has 0 spiro atoms. The molecule has 2 aromatic carbocycles. The van der Waals surface area contributed by atoms with Gasteiger partial charge in [-0.15, -0.1) is 0 Å². The molecule has 2 heterocycles. The van der Waals surface area contributed by atoms with Gasteiger partial charge in [-0.3, -0.25) is 38.9 Å². The van der Waals surface area contributed by atoms with Crippen molar-refractivity contribution in [3.8, 4) is 0 Å². The van der Waals surface area contributed by atoms with Crippen LogP contribution < -0.4 is 11.5 Å². The molecule has 4 amide bonds. The quantitative estimate of drug-likeness (QED) is 0.110. The Balaban J connectivity index is 1.84. The third-order valence-corrected chi connectivity index (χ3v) is 10.0. The molecule has 0 bridgehead atoms. The minimum atomic E-state index is -1.86. The normalized spacial score (nSPS) is 14.7. The number of hydrogen-bond acceptors (Lipinski definition) is 10. The Morgan fingerprint density at radius 2 is 0.893 bits per heavy atom. The second-order valence-electron chi connectivity index (χ2n) is 14.9. The average Bonchev–Trinajstić information content (AvgIpc) is 3.21. The number of carbonyl (C=O) groups is 4. The Hall–Kier alpha value is -5.14. The van der Waals surface area contributed by atoms with Crippen molar-refractivity contribution in [1.29, 1.82) is 0 Å². The number of pyridine rings is 2. The van der Waals surface area contributed by atoms with Gasteiger partial charge in [-0.25, -0.2) is 0 Å². The zero-order valence-electron chi connectivity index (χ0n) is 32.7. The van der Waals surface area contributed by atoms with Crippen LogP contribution >= 0.6 is 0 Å². The van der Waals surface area contributed by atoms with E-state index in [9.17, 15) is 29.4 Å². The zero-order chi connectivity index (χ0) is 40.8. The summed E-state index contributed by atoms with van der Waals surface area (Å²) in [5.41, 5.74) is 15.4. The van der Waals surface area contributed by atoms with Crippen LogP contribution in [0.25, 0.3) is 0 Å². The molecule has 56 heavy (non-hydrogen) atoms. The highest BCUT2D eigenvalue weighted by atomic mass is 16.3. The molecule has 298 valence electrons. The first-order valence-corrected chi connectivity index (χ1v) is 19.3. The van der Waals surface area contributed by atoms with Crippen molar-refractivity contribution in [2.75, 3.05) is 0 Å². The molecule has 0 radical (unpaired) electrons. The number of aliphatic hydroxyl groups excluding tert-OH is 2. The van der Waals surface area contributed by atoms with Crippen LogP contribution in [0.4, 0.5) is 0 Å². The van der Waals surface area contributed by atoms with Gasteiger partial charge in [-0.1, -0.05) is 100 Å². The van der Waals surface area contributed by atoms with Crippen LogP contribution in [0.1, 0.15) is 63.1 Å². The van der Waals surface area contributed by atoms with E-state index in [-0.39, 0.29) is 50.4 Å². The molecule has 0 saturated carbocycles. The lowest BCUT2D eigenvalue weighted by Crippen LogP contribution is -2.64. The summed E-state index contributed by atoms with van der Waals surface area (Å²) in [6.07, 6.45) is -0.505. The van der Waals surface area contributed by atoms with Gasteiger partial charge in [0.1, 0.15) is 12.2 Å². The fourth-order valence-electron chi connectivity index (χ4n) is 6.53. The van der Waals surface area contributed by atoms with E-state index in [0.29, 0.717) is 22.5 Å². The fraction of sp³-hybridized carbons (Fsp3) is 0.409. The number of nitrogens with two attached hydrogens (primary N) is 2. The summed E-state index contributed by atoms with van der Waals surface area (Å²) in [5.74, 6) is -3.44. The monoisotopic (exact) mass is 764 g/mol. The van der Waals surface area contributed by atoms with Crippen LogP contribution in [0.3, 0.4) is 0 Å². The predicted octanol–water partition coefficient (Wildman–Crippen LogP) is 3.66. The molecule has 0 unspecified atom stereocenters. The molecule has 6 atom stereocenters. The number of amides is 4. The highest BCUT2D eigenvalue weighted by molar-refractivity contribution is 5.99. The molecule has 12 heteroatoms. The summed E-state index contributed by atoms with van der Waals surface area (Å²) < 4.78 is 0. The standard InChI is InChI=1S/C44H56N6O6/c1-29(2)39(45)43(55)49(37(51)23-21-33-19-11-13-25-47-33)35(27-31-15-7-5-8-16-31)41(53)42(54)36(28-32-17-9-6-10-18-32)50(44(56)40(46)30(3)4)38(52)24-22-34-20-12-14-26-48-34/h5-20,25-26,29-30,35-36,39-42,53-54H,21-24,27-28,45-46H2,1-4H3/t35-,36-,39-,40-,41+,42+/m0/s1. The topological polar surface area (TPSA) is 193 Å². The van der Waals surface area contributed by atoms with Crippen molar-refractivity contribution in [3.05, 3.63) is 132 Å². The van der Waals surface area contributed by atoms with Gasteiger partial charge < -0.3 is 21.7 Å². The number of hydrogen-bond donors (Lipinski definition) is 4. The van der Waals surface area contributed by atoms with Crippen molar-refractivity contribution in [1.82, 2.24) is 19.8 Å². The van der Waals surface area contributed by atoms with Crippen LogP contribution in [0, 0.1) is 11.8 Å². The van der Waals surface area contributed by atoms with E-state index in [1.54, 1.807) is 125 Å². The maximum Gasteiger partial charge on any atom is 0.246 e. The third kappa shape index (κ3) is 11.9. The van der Waals surface area contributed by atoms with Crippen LogP contribution in [0.2, 0.25) is 0 Å². The third-order valence-electron chi connectivity index (χ3n) is 10.0. The Labute approximate surface area is 330 Å². The van der Waals surface area contributed by atoms with Crippen LogP contribution in [0.15, 0.2) is 109 Å². The largest absolute Gasteiger partial charge is 0.388 e. The molecule has 6 N–H and O–H groups in total. The minimum absolute atomic E-state index is 0.0594. The van der Waals surface area contributed by atoms with Gasteiger partial charge in [0.25, 0.3) is 0 Å². The van der Waals surface area contributed by atoms with Gasteiger partial charge in [-0.2, -0.15) is 0 Å². The maximum absolute atomic E-state index is 14.3. The lowest BCUT2D eigenvalue weighted by Gasteiger charge is -2.42. The summed E-state index contributed by atoms with van der Waals surface area (Å²) in [5, 5.41) is 25.0. The second kappa shape index (κ2) is 21.2. The molecule has 0 aliphatic rings. The smallest absolute Gasteiger partial charge is 0.246 e. The second-order valence-corrected chi connectivity index (χ2v) is 14.9. The highest BCUT2D eigenvalue weighted by Gasteiger charge is 2.45. The molecule has 12 nitrogen and oxygen atoms in total. The van der Waals surface area contributed by atoms with Crippen molar-refractivity contribution in [2.24, 2.45) is 23.3 Å². The predicted molar refractivity (Wildman–Crippen MR) is 214 cm³/mol. The molecule has 2 aromatic heterocycles. The number of aryl methyl sites for hydroxylation is 2. The van der Waals surface area contributed by atoms with Gasteiger partial charge in [-0.05, 0) is 72.9 Å². The minimum Gasteiger partial charge on any atom is -0.388 e. The van der Waals surface area contributed by atoms with Crippen molar-refractivity contribution in [2.45, 2.75) is 103 Å². The molecule has 4 aromatic rings. The number of rotatable bonds is 19. The summed E-state index contributed by atoms with van der Waals surface area (Å²) in [6, 6.07) is 23.6. The van der Waals surface area contributed by atoms with E-state index in [0.717, 1.165) is 9.80 Å². The first kappa shape index (κ1) is 43.6. The van der Waals surface area contributed by atoms with Crippen LogP contribution in [-0.4, -0.2) is 90.0 Å². The van der Waals surface area contributed by atoms with E-state index in [4.69, 9.17) is 11.5 Å². The van der Waals surface area contributed by atoms with E-state index < -0.39 is 60.0 Å².